The van der Waals surface area contributed by atoms with Crippen molar-refractivity contribution in [3.8, 4) is 0 Å². The molecule has 1 aromatic carbocycles. The van der Waals surface area contributed by atoms with Crippen molar-refractivity contribution in [2.24, 2.45) is 0 Å². The summed E-state index contributed by atoms with van der Waals surface area (Å²) in [5.41, 5.74) is 8.13. The van der Waals surface area contributed by atoms with Gasteiger partial charge in [0.2, 0.25) is 0 Å². The number of nitrogen functional groups attached to an aromatic ring is 1. The van der Waals surface area contributed by atoms with E-state index in [9.17, 15) is 0 Å². The predicted molar refractivity (Wildman–Crippen MR) is 68.0 cm³/mol. The lowest BCUT2D eigenvalue weighted by molar-refractivity contribution is 0.0510. The van der Waals surface area contributed by atoms with E-state index in [1.807, 2.05) is 6.07 Å². The number of benzene rings is 1. The number of nitrogens with one attached hydrogen (secondary N) is 1. The molecule has 1 saturated heterocycles. The van der Waals surface area contributed by atoms with Gasteiger partial charge in [-0.1, -0.05) is 11.6 Å². The van der Waals surface area contributed by atoms with Gasteiger partial charge in [-0.15, -0.1) is 0 Å². The summed E-state index contributed by atoms with van der Waals surface area (Å²) in [5.74, 6) is 0.846. The van der Waals surface area contributed by atoms with E-state index in [0.717, 1.165) is 29.7 Å². The number of aromatic amines is 1. The maximum atomic E-state index is 5.96. The molecule has 0 amide bonds. The smallest absolute Gasteiger partial charge is 0.136 e. The van der Waals surface area contributed by atoms with E-state index >= 15 is 0 Å². The number of fused-ring (bicyclic) bond motifs is 1. The molecule has 17 heavy (non-hydrogen) atoms. The van der Waals surface area contributed by atoms with Crippen molar-refractivity contribution >= 4 is 28.3 Å². The lowest BCUT2D eigenvalue weighted by Gasteiger charge is -2.06. The molecule has 3 rings (SSSR count). The molecule has 2 heterocycles. The molecule has 0 radical (unpaired) electrons. The number of hydrogen-bond acceptors (Lipinski definition) is 3. The highest BCUT2D eigenvalue weighted by atomic mass is 35.5. The largest absolute Gasteiger partial charge is 0.397 e. The molecule has 3 N–H and O–H groups in total. The number of anilines is 1. The highest BCUT2D eigenvalue weighted by Crippen LogP contribution is 2.33. The van der Waals surface area contributed by atoms with Crippen LogP contribution in [-0.4, -0.2) is 16.1 Å². The first kappa shape index (κ1) is 10.9. The minimum absolute atomic E-state index is 0.0515. The van der Waals surface area contributed by atoms with Gasteiger partial charge in [-0.05, 0) is 31.9 Å². The molecular formula is C12H14ClN3O. The molecule has 90 valence electrons. The van der Waals surface area contributed by atoms with Crippen LogP contribution in [0.2, 0.25) is 5.02 Å². The average Bonchev–Trinajstić information content (AvgIpc) is 2.83. The lowest BCUT2D eigenvalue weighted by Crippen LogP contribution is -2.02. The average molecular weight is 252 g/mol. The Morgan fingerprint density at radius 1 is 1.47 bits per heavy atom. The number of H-pyrrole nitrogens is 1. The van der Waals surface area contributed by atoms with Crippen LogP contribution in [0.1, 0.15) is 31.7 Å². The summed E-state index contributed by atoms with van der Waals surface area (Å²) in [5, 5.41) is 0.617. The fourth-order valence-electron chi connectivity index (χ4n) is 2.28. The number of nitrogens with zero attached hydrogens (tertiary/aromatic N) is 1. The molecule has 4 nitrogen and oxygen atoms in total. The van der Waals surface area contributed by atoms with Crippen LogP contribution in [0.15, 0.2) is 12.1 Å². The van der Waals surface area contributed by atoms with Crippen LogP contribution in [0.3, 0.4) is 0 Å². The van der Waals surface area contributed by atoms with Gasteiger partial charge in [-0.25, -0.2) is 4.98 Å². The van der Waals surface area contributed by atoms with Crippen LogP contribution in [0.5, 0.6) is 0 Å². The number of nitrogens with two attached hydrogens (primary N) is 1. The van der Waals surface area contributed by atoms with Crippen LogP contribution in [0.4, 0.5) is 5.69 Å². The van der Waals surface area contributed by atoms with Gasteiger partial charge in [0.25, 0.3) is 0 Å². The quantitative estimate of drug-likeness (QED) is 0.766. The summed E-state index contributed by atoms with van der Waals surface area (Å²) in [6.07, 6.45) is 2.41. The molecule has 0 spiro atoms. The third-order valence-corrected chi connectivity index (χ3v) is 3.35. The topological polar surface area (TPSA) is 63.9 Å². The third kappa shape index (κ3) is 1.87. The Hall–Kier alpha value is -1.26. The highest BCUT2D eigenvalue weighted by Gasteiger charge is 2.26. The van der Waals surface area contributed by atoms with E-state index in [2.05, 4.69) is 16.9 Å². The maximum absolute atomic E-state index is 5.96. The van der Waals surface area contributed by atoms with Crippen LogP contribution < -0.4 is 5.73 Å². The summed E-state index contributed by atoms with van der Waals surface area (Å²) in [6.45, 7) is 2.08. The molecule has 1 aromatic heterocycles. The van der Waals surface area contributed by atoms with Crippen molar-refractivity contribution < 1.29 is 4.74 Å². The molecule has 0 aliphatic carbocycles. The summed E-state index contributed by atoms with van der Waals surface area (Å²) in [7, 11) is 0. The van der Waals surface area contributed by atoms with Crippen molar-refractivity contribution in [2.45, 2.75) is 32.0 Å². The number of ether oxygens (including phenoxy) is 1. The number of hydrogen-bond donors (Lipinski definition) is 2. The summed E-state index contributed by atoms with van der Waals surface area (Å²) < 4.78 is 5.78. The second-order valence-corrected chi connectivity index (χ2v) is 4.96. The number of rotatable bonds is 1. The second-order valence-electron chi connectivity index (χ2n) is 4.53. The molecule has 0 bridgehead atoms. The monoisotopic (exact) mass is 251 g/mol. The van der Waals surface area contributed by atoms with Crippen molar-refractivity contribution in [2.75, 3.05) is 5.73 Å². The molecule has 2 atom stereocenters. The van der Waals surface area contributed by atoms with E-state index < -0.39 is 0 Å². The standard InChI is InChI=1S/C12H14ClN3O/c1-6-2-3-10(17-6)12-15-9-5-7(13)4-8(14)11(9)16-12/h4-6,10H,2-3,14H2,1H3,(H,15,16). The van der Waals surface area contributed by atoms with E-state index in [0.29, 0.717) is 16.8 Å². The van der Waals surface area contributed by atoms with Gasteiger partial charge in [-0.3, -0.25) is 0 Å². The minimum Gasteiger partial charge on any atom is -0.397 e. The normalized spacial score (nSPS) is 24.6. The molecule has 1 aliphatic heterocycles. The van der Waals surface area contributed by atoms with E-state index in [-0.39, 0.29) is 6.10 Å². The second kappa shape index (κ2) is 3.89. The predicted octanol–water partition coefficient (Wildman–Crippen LogP) is 3.04. The molecular weight excluding hydrogens is 238 g/mol. The minimum atomic E-state index is 0.0515. The fraction of sp³-hybridized carbons (Fsp3) is 0.417. The molecule has 1 aliphatic rings. The van der Waals surface area contributed by atoms with Crippen molar-refractivity contribution in [1.82, 2.24) is 9.97 Å². The van der Waals surface area contributed by atoms with Gasteiger partial charge in [0.15, 0.2) is 0 Å². The molecule has 5 heteroatoms. The SMILES string of the molecule is CC1CCC(c2nc3c(N)cc(Cl)cc3[nH]2)O1. The van der Waals surface area contributed by atoms with Crippen LogP contribution >= 0.6 is 11.6 Å². The van der Waals surface area contributed by atoms with Crippen molar-refractivity contribution in [1.29, 1.82) is 0 Å². The number of imidazole rings is 1. The fourth-order valence-corrected chi connectivity index (χ4v) is 2.51. The third-order valence-electron chi connectivity index (χ3n) is 3.14. The number of aromatic nitrogens is 2. The first-order valence-corrected chi connectivity index (χ1v) is 6.11. The van der Waals surface area contributed by atoms with Gasteiger partial charge in [0.1, 0.15) is 17.4 Å². The Kier molecular flexibility index (Phi) is 2.49. The van der Waals surface area contributed by atoms with Crippen LogP contribution in [0, 0.1) is 0 Å². The summed E-state index contributed by atoms with van der Waals surface area (Å²) >= 11 is 5.96. The van der Waals surface area contributed by atoms with Crippen molar-refractivity contribution in [3.63, 3.8) is 0 Å². The Morgan fingerprint density at radius 2 is 2.29 bits per heavy atom. The maximum Gasteiger partial charge on any atom is 0.136 e. The number of halogens is 1. The molecule has 2 aromatic rings. The first-order valence-electron chi connectivity index (χ1n) is 5.73. The Bertz CT molecular complexity index is 566. The Balaban J connectivity index is 2.04. The van der Waals surface area contributed by atoms with Gasteiger partial charge in [0.05, 0.1) is 17.3 Å². The zero-order chi connectivity index (χ0) is 12.0. The van der Waals surface area contributed by atoms with Gasteiger partial charge >= 0.3 is 0 Å². The Morgan fingerprint density at radius 3 is 3.00 bits per heavy atom. The zero-order valence-electron chi connectivity index (χ0n) is 9.53. The van der Waals surface area contributed by atoms with Gasteiger partial charge in [0, 0.05) is 5.02 Å². The summed E-state index contributed by atoms with van der Waals surface area (Å²) in [6, 6.07) is 3.55. The molecule has 0 saturated carbocycles. The Labute approximate surface area is 104 Å². The van der Waals surface area contributed by atoms with Gasteiger partial charge in [-0.2, -0.15) is 0 Å². The molecule has 2 unspecified atom stereocenters. The highest BCUT2D eigenvalue weighted by molar-refractivity contribution is 6.31. The van der Waals surface area contributed by atoms with Crippen molar-refractivity contribution in [3.05, 3.63) is 23.0 Å². The van der Waals surface area contributed by atoms with Crippen LogP contribution in [0.25, 0.3) is 11.0 Å². The lowest BCUT2D eigenvalue weighted by atomic mass is 10.2. The molecule has 1 fully saturated rings. The van der Waals surface area contributed by atoms with E-state index in [1.165, 1.54) is 0 Å². The zero-order valence-corrected chi connectivity index (χ0v) is 10.3. The summed E-state index contributed by atoms with van der Waals surface area (Å²) in [4.78, 5) is 7.74. The van der Waals surface area contributed by atoms with E-state index in [4.69, 9.17) is 22.1 Å². The van der Waals surface area contributed by atoms with Gasteiger partial charge < -0.3 is 15.5 Å². The first-order chi connectivity index (χ1) is 8.13. The van der Waals surface area contributed by atoms with E-state index in [1.54, 1.807) is 6.07 Å². The van der Waals surface area contributed by atoms with Crippen LogP contribution in [-0.2, 0) is 4.74 Å².